The molecule has 0 aromatic heterocycles. The van der Waals surface area contributed by atoms with Gasteiger partial charge in [-0.15, -0.1) is 5.69 Å². The third-order valence-corrected chi connectivity index (χ3v) is 4.85. The molecule has 1 aliphatic rings. The fraction of sp³-hybridized carbons (Fsp3) is 0.409. The number of aliphatic hydroxyl groups is 2. The van der Waals surface area contributed by atoms with Gasteiger partial charge < -0.3 is 29.5 Å². The third kappa shape index (κ3) is 7.96. The van der Waals surface area contributed by atoms with Crippen LogP contribution in [-0.4, -0.2) is 74.0 Å². The van der Waals surface area contributed by atoms with Crippen LogP contribution in [-0.2, 0) is 21.1 Å². The average molecular weight is 603 g/mol. The van der Waals surface area contributed by atoms with Crippen molar-refractivity contribution in [3.63, 3.8) is 0 Å². The maximum Gasteiger partial charge on any atom is 2.00 e. The van der Waals surface area contributed by atoms with Gasteiger partial charge in [-0.3, -0.25) is 0 Å². The van der Waals surface area contributed by atoms with Gasteiger partial charge in [-0.05, 0) is 66.3 Å². The van der Waals surface area contributed by atoms with Gasteiger partial charge in [0.1, 0.15) is 0 Å². The van der Waals surface area contributed by atoms with Gasteiger partial charge in [-0.25, -0.2) is 0 Å². The summed E-state index contributed by atoms with van der Waals surface area (Å²) in [6, 6.07) is 22.0. The average Bonchev–Trinajstić information content (AvgIpc) is 3.10. The van der Waals surface area contributed by atoms with Crippen molar-refractivity contribution in [1.29, 1.82) is 0 Å². The summed E-state index contributed by atoms with van der Waals surface area (Å²) in [6.45, 7) is 5.92. The zero-order valence-electron chi connectivity index (χ0n) is 19.3. The molecule has 2 aromatic carbocycles. The van der Waals surface area contributed by atoms with Gasteiger partial charge in [0, 0.05) is 0 Å². The predicted octanol–water partition coefficient (Wildman–Crippen LogP) is 2.25. The Bertz CT molecular complexity index is 677. The van der Waals surface area contributed by atoms with Crippen molar-refractivity contribution in [2.75, 3.05) is 37.8 Å². The fourth-order valence-corrected chi connectivity index (χ4v) is 3.65. The van der Waals surface area contributed by atoms with E-state index in [1.54, 1.807) is 13.8 Å². The third-order valence-electron chi connectivity index (χ3n) is 4.85. The quantitative estimate of drug-likeness (QED) is 0.391. The molecule has 6 nitrogen and oxygen atoms in total. The van der Waals surface area contributed by atoms with E-state index in [-0.39, 0.29) is 47.0 Å². The van der Waals surface area contributed by atoms with E-state index in [1.807, 2.05) is 12.1 Å². The molecule has 1 heterocycles. The predicted molar refractivity (Wildman–Crippen MR) is 128 cm³/mol. The van der Waals surface area contributed by atoms with Crippen LogP contribution in [0, 0.1) is 12.7 Å². The summed E-state index contributed by atoms with van der Waals surface area (Å²) >= 11 is 0. The van der Waals surface area contributed by atoms with E-state index < -0.39 is 0 Å². The van der Waals surface area contributed by atoms with Crippen molar-refractivity contribution < 1.29 is 31.3 Å². The molecule has 9 heteroatoms. The van der Waals surface area contributed by atoms with Crippen LogP contribution >= 0.6 is 0 Å². The van der Waals surface area contributed by atoms with Crippen molar-refractivity contribution in [3.05, 3.63) is 67.3 Å². The van der Waals surface area contributed by atoms with Crippen LogP contribution in [0.15, 0.2) is 54.6 Å². The Hall–Kier alpha value is -1.30. The molecule has 0 radical (unpaired) electrons. The minimum Gasteiger partial charge on any atom is -0.559 e. The van der Waals surface area contributed by atoms with Crippen LogP contribution in [0.4, 0.5) is 11.4 Å². The molecule has 1 saturated heterocycles. The molecule has 1 aliphatic heterocycles. The smallest absolute Gasteiger partial charge is 0.559 e. The summed E-state index contributed by atoms with van der Waals surface area (Å²) in [7, 11) is 8.51. The normalized spacial score (nSPS) is 15.5. The summed E-state index contributed by atoms with van der Waals surface area (Å²) in [4.78, 5) is 9.13. The van der Waals surface area contributed by atoms with Gasteiger partial charge in [-0.2, -0.15) is 37.0 Å². The molecule has 2 atom stereocenters. The Kier molecular flexibility index (Phi) is 11.9. The number of hydrogen-bond donors (Lipinski definition) is 2. The zero-order valence-corrected chi connectivity index (χ0v) is 21.6. The van der Waals surface area contributed by atoms with E-state index in [0.29, 0.717) is 6.42 Å². The van der Waals surface area contributed by atoms with Gasteiger partial charge in [0.25, 0.3) is 0 Å². The van der Waals surface area contributed by atoms with Gasteiger partial charge >= 0.3 is 34.8 Å². The second-order valence-corrected chi connectivity index (χ2v) is 8.20. The number of hydrogen-bond acceptors (Lipinski definition) is 6. The van der Waals surface area contributed by atoms with Crippen LogP contribution < -0.4 is 9.62 Å². The molecule has 3 rings (SSSR count). The summed E-state index contributed by atoms with van der Waals surface area (Å²) in [5, 5.41) is 17.1. The van der Waals surface area contributed by atoms with Gasteiger partial charge in [0.2, 0.25) is 0 Å². The topological polar surface area (TPSA) is 53.4 Å². The number of para-hydroxylation sites is 2. The maximum absolute atomic E-state index is 8.56. The Morgan fingerprint density at radius 1 is 0.871 bits per heavy atom. The first kappa shape index (κ1) is 27.7. The molecule has 0 saturated carbocycles. The molecule has 0 aliphatic carbocycles. The van der Waals surface area contributed by atoms with Crippen molar-refractivity contribution in [2.24, 2.45) is 0 Å². The molecule has 1 fully saturated rings. The van der Waals surface area contributed by atoms with Gasteiger partial charge in [-0.1, -0.05) is 18.2 Å². The van der Waals surface area contributed by atoms with Gasteiger partial charge in [0.15, 0.2) is 0 Å². The van der Waals surface area contributed by atoms with Crippen LogP contribution in [0.2, 0.25) is 0 Å². The first-order valence-corrected chi connectivity index (χ1v) is 10.3. The first-order chi connectivity index (χ1) is 14.2. The van der Waals surface area contributed by atoms with Crippen LogP contribution in [0.3, 0.4) is 0 Å². The largest absolute Gasteiger partial charge is 2.00 e. The van der Waals surface area contributed by atoms with E-state index in [1.165, 1.54) is 5.69 Å². The molecular formula is C22H34B2N4O2Pt. The first-order valence-electron chi connectivity index (χ1n) is 10.3. The van der Waals surface area contributed by atoms with E-state index >= 15 is 0 Å². The number of nitrogens with zero attached hydrogens (tertiary/aromatic N) is 4. The molecule has 2 N–H and O–H groups in total. The molecule has 31 heavy (non-hydrogen) atoms. The van der Waals surface area contributed by atoms with Crippen molar-refractivity contribution in [2.45, 2.75) is 32.5 Å². The summed E-state index contributed by atoms with van der Waals surface area (Å²) < 4.78 is 0. The molecule has 2 aromatic rings. The molecular weight excluding hydrogens is 569 g/mol. The molecule has 0 amide bonds. The SMILES string of the molecule is CC(O)CC(C)O.CN(C)B1B(N(C)C)N(c2ccccc2)[CH-]N1c1[c-]cccc1.[Pt+2]. The number of anilines is 2. The molecule has 0 spiro atoms. The minimum atomic E-state index is -0.375. The van der Waals surface area contributed by atoms with E-state index in [4.69, 9.17) is 10.2 Å². The second kappa shape index (κ2) is 13.3. The number of rotatable bonds is 6. The molecule has 170 valence electrons. The van der Waals surface area contributed by atoms with Crippen LogP contribution in [0.5, 0.6) is 0 Å². The van der Waals surface area contributed by atoms with E-state index in [9.17, 15) is 0 Å². The Labute approximate surface area is 203 Å². The Balaban J connectivity index is 0.000000523. The summed E-state index contributed by atoms with van der Waals surface area (Å²) in [5.41, 5.74) is 2.27. The van der Waals surface area contributed by atoms with Gasteiger partial charge in [0.05, 0.1) is 12.2 Å². The fourth-order valence-electron chi connectivity index (χ4n) is 3.65. The molecule has 0 bridgehead atoms. The number of aliphatic hydroxyl groups excluding tert-OH is 2. The maximum atomic E-state index is 8.56. The van der Waals surface area contributed by atoms with E-state index in [2.05, 4.69) is 103 Å². The summed E-state index contributed by atoms with van der Waals surface area (Å²) in [5.74, 6) is 0. The Morgan fingerprint density at radius 3 is 1.81 bits per heavy atom. The van der Waals surface area contributed by atoms with Crippen molar-refractivity contribution in [3.8, 4) is 0 Å². The minimum absolute atomic E-state index is 0. The molecule has 2 unspecified atom stereocenters. The van der Waals surface area contributed by atoms with Crippen molar-refractivity contribution >= 4 is 25.1 Å². The van der Waals surface area contributed by atoms with Crippen LogP contribution in [0.1, 0.15) is 20.3 Å². The number of benzene rings is 2. The van der Waals surface area contributed by atoms with E-state index in [0.717, 1.165) is 5.69 Å². The van der Waals surface area contributed by atoms with Crippen molar-refractivity contribution in [1.82, 2.24) is 9.62 Å². The monoisotopic (exact) mass is 603 g/mol. The zero-order chi connectivity index (χ0) is 22.3. The van der Waals surface area contributed by atoms with Crippen LogP contribution in [0.25, 0.3) is 0 Å². The summed E-state index contributed by atoms with van der Waals surface area (Å²) in [6.07, 6.45) is -0.278. The Morgan fingerprint density at radius 2 is 1.39 bits per heavy atom. The second-order valence-electron chi connectivity index (χ2n) is 8.20. The standard InChI is InChI=1S/C17H22B2N4.C5H12O2.Pt/c1-20(2)18-19(21(3)4)23(17-13-9-6-10-14-17)15-22(18)16-11-7-5-8-12-16;1-4(6)3-5(2)7;/h5-13,15H,1-4H3;4-7H,3H2,1-2H3;/q-2;;+2.